The third-order valence-corrected chi connectivity index (χ3v) is 9.86. The molecule has 0 aliphatic carbocycles. The summed E-state index contributed by atoms with van der Waals surface area (Å²) in [4.78, 5) is 25.3. The summed E-state index contributed by atoms with van der Waals surface area (Å²) in [5, 5.41) is 0. The van der Waals surface area contributed by atoms with E-state index in [9.17, 15) is 22.6 Å². The van der Waals surface area contributed by atoms with E-state index in [2.05, 4.69) is 38.2 Å². The molecule has 0 amide bonds. The largest absolute Gasteiger partial charge is 0.462 e. The highest BCUT2D eigenvalue weighted by Gasteiger charge is 2.23. The Morgan fingerprint density at radius 1 is 0.520 bits per heavy atom. The molecule has 1 N–H and O–H groups in total. The zero-order valence-corrected chi connectivity index (χ0v) is 32.5. The number of carbonyl (C=O) groups excluding carboxylic acids is 2. The molecular weight excluding hydrogens is 649 g/mol. The molecule has 286 valence electrons. The predicted molar refractivity (Wildman–Crippen MR) is 206 cm³/mol. The van der Waals surface area contributed by atoms with Crippen LogP contribution in [0.2, 0.25) is 0 Å². The summed E-state index contributed by atoms with van der Waals surface area (Å²) >= 11 is 0. The Kier molecular flexibility index (Phi) is 28.5. The number of unbranched alkanes of at least 4 members (excludes halogenated alkanes) is 22. The Morgan fingerprint density at radius 3 is 1.24 bits per heavy atom. The van der Waals surface area contributed by atoms with E-state index >= 15 is 0 Å². The van der Waals surface area contributed by atoms with Gasteiger partial charge < -0.3 is 9.47 Å². The first-order valence-corrected chi connectivity index (χ1v) is 21.5. The molecule has 0 fully saturated rings. The van der Waals surface area contributed by atoms with Crippen LogP contribution >= 0.6 is 0 Å². The van der Waals surface area contributed by atoms with Gasteiger partial charge in [-0.1, -0.05) is 141 Å². The zero-order chi connectivity index (χ0) is 36.5. The van der Waals surface area contributed by atoms with Gasteiger partial charge in [-0.25, -0.2) is 9.59 Å². The Labute approximate surface area is 305 Å². The van der Waals surface area contributed by atoms with Crippen molar-refractivity contribution in [3.63, 3.8) is 0 Å². The average molecular weight is 719 g/mol. The molecule has 0 saturated heterocycles. The number of benzene rings is 1. The fourth-order valence-electron chi connectivity index (χ4n) is 5.86. The first-order valence-electron chi connectivity index (χ1n) is 20.1. The van der Waals surface area contributed by atoms with E-state index in [4.69, 9.17) is 9.47 Å². The van der Waals surface area contributed by atoms with Crippen LogP contribution in [0.5, 0.6) is 0 Å². The van der Waals surface area contributed by atoms with Gasteiger partial charge in [-0.3, -0.25) is 4.55 Å². The van der Waals surface area contributed by atoms with Gasteiger partial charge in [0.15, 0.2) is 0 Å². The monoisotopic (exact) mass is 718 g/mol. The predicted octanol–water partition coefficient (Wildman–Crippen LogP) is 12.5. The highest BCUT2D eigenvalue weighted by Crippen LogP contribution is 2.19. The third-order valence-electron chi connectivity index (χ3n) is 9.01. The molecule has 0 radical (unpaired) electrons. The van der Waals surface area contributed by atoms with Gasteiger partial charge in [-0.15, -0.1) is 0 Å². The second-order valence-electron chi connectivity index (χ2n) is 13.6. The molecule has 0 atom stereocenters. The number of rotatable bonds is 33. The van der Waals surface area contributed by atoms with Crippen LogP contribution < -0.4 is 0 Å². The van der Waals surface area contributed by atoms with Crippen molar-refractivity contribution in [2.24, 2.45) is 0 Å². The molecule has 0 aromatic heterocycles. The summed E-state index contributed by atoms with van der Waals surface area (Å²) in [5.41, 5.74) is -0.295. The van der Waals surface area contributed by atoms with E-state index in [0.29, 0.717) is 12.8 Å². The van der Waals surface area contributed by atoms with Gasteiger partial charge in [0.05, 0.1) is 29.2 Å². The Morgan fingerprint density at radius 2 is 0.860 bits per heavy atom. The van der Waals surface area contributed by atoms with Gasteiger partial charge >= 0.3 is 11.9 Å². The van der Waals surface area contributed by atoms with Crippen molar-refractivity contribution in [3.05, 3.63) is 53.6 Å². The number of esters is 2. The van der Waals surface area contributed by atoms with Crippen LogP contribution in [0.15, 0.2) is 47.4 Å². The van der Waals surface area contributed by atoms with Crippen molar-refractivity contribution in [2.45, 2.75) is 186 Å². The first-order chi connectivity index (χ1) is 24.3. The normalized spacial score (nSPS) is 11.9. The summed E-state index contributed by atoms with van der Waals surface area (Å²) < 4.78 is 43.8. The van der Waals surface area contributed by atoms with Gasteiger partial charge in [-0.05, 0) is 82.4 Å². The molecule has 0 spiro atoms. The molecule has 50 heavy (non-hydrogen) atoms. The van der Waals surface area contributed by atoms with Gasteiger partial charge in [0.1, 0.15) is 0 Å². The number of allylic oxidation sites excluding steroid dienone is 4. The van der Waals surface area contributed by atoms with Crippen LogP contribution in [0.3, 0.4) is 0 Å². The summed E-state index contributed by atoms with van der Waals surface area (Å²) in [5.74, 6) is -1.53. The fourth-order valence-corrected chi connectivity index (χ4v) is 6.37. The van der Waals surface area contributed by atoms with E-state index in [1.807, 2.05) is 0 Å². The molecular formula is C42H70O7S. The number of ether oxygens (including phenoxy) is 2. The van der Waals surface area contributed by atoms with Crippen LogP contribution in [0, 0.1) is 0 Å². The molecule has 0 heterocycles. The van der Waals surface area contributed by atoms with Crippen LogP contribution in [0.4, 0.5) is 0 Å². The van der Waals surface area contributed by atoms with Crippen LogP contribution in [-0.4, -0.2) is 38.1 Å². The quantitative estimate of drug-likeness (QED) is 0.0333. The first kappa shape index (κ1) is 45.6. The SMILES string of the molecule is CCCCCCCCC/C=C/CCCCCCOC(=O)c1ccc(S(=O)(=O)O)cc1C(=O)OCCCCCC/C=C/CCCCCCCCC. The van der Waals surface area contributed by atoms with Gasteiger partial charge in [0, 0.05) is 0 Å². The maximum absolute atomic E-state index is 12.9. The van der Waals surface area contributed by atoms with Crippen LogP contribution in [0.1, 0.15) is 202 Å². The Hall–Kier alpha value is -2.45. The standard InChI is InChI=1S/C42H70O7S/c1-3-5-7-9-11-13-15-17-19-21-23-25-27-29-31-35-48-41(43)39-34-33-38(50(45,46)47)37-40(39)42(44)49-36-32-30-28-26-24-22-20-18-16-14-12-10-8-6-4-2/h19-22,33-34,37H,3-18,23-32,35-36H2,1-2H3,(H,45,46,47)/b21-19+,22-20+. The minimum atomic E-state index is -4.57. The fraction of sp³-hybridized carbons (Fsp3) is 0.714. The van der Waals surface area contributed by atoms with E-state index in [1.165, 1.54) is 96.0 Å². The van der Waals surface area contributed by atoms with Crippen molar-refractivity contribution in [1.29, 1.82) is 0 Å². The summed E-state index contributed by atoms with van der Waals surface area (Å²) in [7, 11) is -4.57. The summed E-state index contributed by atoms with van der Waals surface area (Å²) in [6.07, 6.45) is 39.5. The molecule has 1 rings (SSSR count). The lowest BCUT2D eigenvalue weighted by Gasteiger charge is -2.11. The van der Waals surface area contributed by atoms with E-state index in [0.717, 1.165) is 76.3 Å². The lowest BCUT2D eigenvalue weighted by Crippen LogP contribution is -2.16. The minimum absolute atomic E-state index is 0.0724. The van der Waals surface area contributed by atoms with E-state index in [-0.39, 0.29) is 24.3 Å². The van der Waals surface area contributed by atoms with Gasteiger partial charge in [-0.2, -0.15) is 8.42 Å². The molecule has 0 aliphatic rings. The molecule has 0 bridgehead atoms. The second-order valence-corrected chi connectivity index (χ2v) is 15.0. The minimum Gasteiger partial charge on any atom is -0.462 e. The number of hydrogen-bond acceptors (Lipinski definition) is 6. The second kappa shape index (κ2) is 31.3. The number of hydrogen-bond donors (Lipinski definition) is 1. The highest BCUT2D eigenvalue weighted by molar-refractivity contribution is 7.85. The zero-order valence-electron chi connectivity index (χ0n) is 31.6. The van der Waals surface area contributed by atoms with Crippen molar-refractivity contribution >= 4 is 22.1 Å². The van der Waals surface area contributed by atoms with Crippen LogP contribution in [0.25, 0.3) is 0 Å². The Balaban J connectivity index is 2.30. The summed E-state index contributed by atoms with van der Waals surface area (Å²) in [6, 6.07) is 3.27. The van der Waals surface area contributed by atoms with E-state index in [1.54, 1.807) is 0 Å². The Bertz CT molecular complexity index is 1170. The average Bonchev–Trinajstić information content (AvgIpc) is 3.10. The molecule has 8 heteroatoms. The van der Waals surface area contributed by atoms with Crippen molar-refractivity contribution in [2.75, 3.05) is 13.2 Å². The lowest BCUT2D eigenvalue weighted by atomic mass is 10.1. The van der Waals surface area contributed by atoms with E-state index < -0.39 is 27.0 Å². The summed E-state index contributed by atoms with van der Waals surface area (Å²) in [6.45, 7) is 4.85. The highest BCUT2D eigenvalue weighted by atomic mass is 32.2. The van der Waals surface area contributed by atoms with Crippen molar-refractivity contribution < 1.29 is 32.0 Å². The molecule has 7 nitrogen and oxygen atoms in total. The molecule has 1 aromatic carbocycles. The molecule has 0 unspecified atom stereocenters. The molecule has 1 aromatic rings. The van der Waals surface area contributed by atoms with Crippen molar-refractivity contribution in [1.82, 2.24) is 0 Å². The van der Waals surface area contributed by atoms with Crippen LogP contribution in [-0.2, 0) is 19.6 Å². The molecule has 0 aliphatic heterocycles. The maximum atomic E-state index is 12.9. The topological polar surface area (TPSA) is 107 Å². The lowest BCUT2D eigenvalue weighted by molar-refractivity contribution is 0.0450. The smallest absolute Gasteiger partial charge is 0.339 e. The third kappa shape index (κ3) is 24.7. The maximum Gasteiger partial charge on any atom is 0.339 e. The van der Waals surface area contributed by atoms with Gasteiger partial charge in [0.2, 0.25) is 0 Å². The number of carbonyl (C=O) groups is 2. The van der Waals surface area contributed by atoms with Crippen molar-refractivity contribution in [3.8, 4) is 0 Å². The van der Waals surface area contributed by atoms with Gasteiger partial charge in [0.25, 0.3) is 10.1 Å². The molecule has 0 saturated carbocycles.